The minimum atomic E-state index is -0.294. The van der Waals surface area contributed by atoms with Gasteiger partial charge < -0.3 is 4.74 Å². The maximum atomic E-state index is 13.7. The van der Waals surface area contributed by atoms with Gasteiger partial charge in [-0.1, -0.05) is 62.3 Å². The zero-order valence-electron chi connectivity index (χ0n) is 22.3. The Kier molecular flexibility index (Phi) is 7.44. The molecule has 1 aromatic heterocycles. The molecule has 1 fully saturated rings. The fraction of sp³-hybridized carbons (Fsp3) is 0.483. The van der Waals surface area contributed by atoms with Gasteiger partial charge in [0.1, 0.15) is 6.61 Å². The summed E-state index contributed by atoms with van der Waals surface area (Å²) in [4.78, 5) is 28.4. The average Bonchev–Trinajstić information content (AvgIpc) is 3.58. The number of benzene rings is 2. The number of hydrogen-bond acceptors (Lipinski definition) is 6. The number of ether oxygens (including phenoxy) is 1. The smallest absolute Gasteiger partial charge is 0.410 e. The second kappa shape index (κ2) is 10.9. The summed E-state index contributed by atoms with van der Waals surface area (Å²) in [7, 11) is 0. The summed E-state index contributed by atoms with van der Waals surface area (Å²) >= 11 is 0. The summed E-state index contributed by atoms with van der Waals surface area (Å²) < 4.78 is 5.89. The van der Waals surface area contributed by atoms with Crippen LogP contribution in [-0.4, -0.2) is 43.6 Å². The molecule has 1 atom stereocenters. The molecule has 9 heteroatoms. The van der Waals surface area contributed by atoms with Gasteiger partial charge in [-0.2, -0.15) is 5.21 Å². The number of hydrogen-bond donors (Lipinski definition) is 2. The quantitative estimate of drug-likeness (QED) is 0.436. The number of anilines is 1. The van der Waals surface area contributed by atoms with Crippen LogP contribution in [0.2, 0.25) is 0 Å². The number of tetrazole rings is 1. The molecule has 9 nitrogen and oxygen atoms in total. The van der Waals surface area contributed by atoms with Gasteiger partial charge in [-0.15, -0.1) is 5.10 Å². The summed E-state index contributed by atoms with van der Waals surface area (Å²) in [6, 6.07) is 15.6. The Morgan fingerprint density at radius 2 is 1.82 bits per heavy atom. The highest BCUT2D eigenvalue weighted by Crippen LogP contribution is 2.44. The second-order valence-corrected chi connectivity index (χ2v) is 11.5. The molecule has 0 saturated heterocycles. The van der Waals surface area contributed by atoms with Crippen molar-refractivity contribution < 1.29 is 14.3 Å². The van der Waals surface area contributed by atoms with E-state index in [0.29, 0.717) is 11.5 Å². The van der Waals surface area contributed by atoms with Gasteiger partial charge >= 0.3 is 6.09 Å². The van der Waals surface area contributed by atoms with E-state index in [4.69, 9.17) is 4.74 Å². The first kappa shape index (κ1) is 25.9. The normalized spacial score (nSPS) is 21.0. The van der Waals surface area contributed by atoms with Crippen molar-refractivity contribution in [2.75, 3.05) is 5.32 Å². The Morgan fingerprint density at radius 3 is 2.50 bits per heavy atom. The van der Waals surface area contributed by atoms with E-state index in [1.165, 1.54) is 0 Å². The Labute approximate surface area is 223 Å². The molecule has 1 heterocycles. The van der Waals surface area contributed by atoms with E-state index in [2.05, 4.69) is 46.7 Å². The van der Waals surface area contributed by atoms with Gasteiger partial charge in [0.05, 0.1) is 6.04 Å². The predicted molar refractivity (Wildman–Crippen MR) is 143 cm³/mol. The molecule has 0 bridgehead atoms. The van der Waals surface area contributed by atoms with Crippen molar-refractivity contribution >= 4 is 17.9 Å². The first-order chi connectivity index (χ1) is 18.3. The lowest BCUT2D eigenvalue weighted by atomic mass is 9.71. The highest BCUT2D eigenvalue weighted by molar-refractivity contribution is 6.03. The number of H-pyrrole nitrogens is 1. The van der Waals surface area contributed by atoms with Gasteiger partial charge in [0.15, 0.2) is 0 Å². The van der Waals surface area contributed by atoms with Crippen LogP contribution in [0, 0.1) is 11.3 Å². The molecule has 1 unspecified atom stereocenters. The van der Waals surface area contributed by atoms with E-state index in [1.54, 1.807) is 6.07 Å². The van der Waals surface area contributed by atoms with Crippen molar-refractivity contribution in [3.05, 3.63) is 70.8 Å². The van der Waals surface area contributed by atoms with Gasteiger partial charge in [-0.05, 0) is 83.9 Å². The van der Waals surface area contributed by atoms with Crippen LogP contribution >= 0.6 is 0 Å². The van der Waals surface area contributed by atoms with E-state index >= 15 is 0 Å². The van der Waals surface area contributed by atoms with Crippen LogP contribution in [0.5, 0.6) is 0 Å². The lowest BCUT2D eigenvalue weighted by molar-refractivity contribution is 0.0372. The molecule has 5 rings (SSSR count). The molecular formula is C29H36N6O3. The third kappa shape index (κ3) is 5.71. The van der Waals surface area contributed by atoms with Gasteiger partial charge in [-0.3, -0.25) is 15.0 Å². The summed E-state index contributed by atoms with van der Waals surface area (Å²) in [6.45, 7) is 7.18. The maximum Gasteiger partial charge on any atom is 0.410 e. The molecule has 2 amide bonds. The van der Waals surface area contributed by atoms with Crippen LogP contribution in [0.4, 0.5) is 10.7 Å². The predicted octanol–water partition coefficient (Wildman–Crippen LogP) is 5.68. The number of carbonyl (C=O) groups is 2. The topological polar surface area (TPSA) is 113 Å². The molecule has 2 N–H and O–H groups in total. The number of amides is 2. The summed E-state index contributed by atoms with van der Waals surface area (Å²) in [5.74, 6) is 0.487. The molecule has 1 saturated carbocycles. The van der Waals surface area contributed by atoms with Gasteiger partial charge in [0.25, 0.3) is 11.9 Å². The number of aromatic nitrogens is 4. The summed E-state index contributed by atoms with van der Waals surface area (Å²) in [5, 5.41) is 16.0. The Balaban J connectivity index is 1.35. The number of rotatable bonds is 6. The lowest BCUT2D eigenvalue weighted by Crippen LogP contribution is -2.45. The molecule has 2 aromatic carbocycles. The molecule has 2 aliphatic carbocycles. The molecule has 2 aliphatic rings. The van der Waals surface area contributed by atoms with Crippen molar-refractivity contribution in [2.24, 2.45) is 11.3 Å². The third-order valence-corrected chi connectivity index (χ3v) is 8.09. The summed E-state index contributed by atoms with van der Waals surface area (Å²) in [5.41, 5.74) is 3.94. The zero-order valence-corrected chi connectivity index (χ0v) is 22.3. The van der Waals surface area contributed by atoms with Crippen molar-refractivity contribution in [1.29, 1.82) is 0 Å². The van der Waals surface area contributed by atoms with Crippen LogP contribution in [-0.2, 0) is 17.8 Å². The molecule has 38 heavy (non-hydrogen) atoms. The number of fused-ring (bicyclic) bond motifs is 1. The highest BCUT2D eigenvalue weighted by Gasteiger charge is 2.40. The third-order valence-electron chi connectivity index (χ3n) is 8.09. The molecule has 200 valence electrons. The number of carbonyl (C=O) groups excluding carboxylic acids is 2. The van der Waals surface area contributed by atoms with Crippen LogP contribution < -0.4 is 5.32 Å². The highest BCUT2D eigenvalue weighted by atomic mass is 16.6. The van der Waals surface area contributed by atoms with Crippen LogP contribution in [0.25, 0.3) is 0 Å². The van der Waals surface area contributed by atoms with E-state index in [9.17, 15) is 9.59 Å². The lowest BCUT2D eigenvalue weighted by Gasteiger charge is -2.43. The van der Waals surface area contributed by atoms with Crippen molar-refractivity contribution in [3.8, 4) is 0 Å². The fourth-order valence-electron chi connectivity index (χ4n) is 5.96. The zero-order chi connectivity index (χ0) is 26.7. The molecule has 0 radical (unpaired) electrons. The second-order valence-electron chi connectivity index (χ2n) is 11.5. The van der Waals surface area contributed by atoms with E-state index in [-0.39, 0.29) is 42.1 Å². The van der Waals surface area contributed by atoms with Gasteiger partial charge in [-0.25, -0.2) is 4.79 Å². The van der Waals surface area contributed by atoms with E-state index in [0.717, 1.165) is 55.2 Å². The maximum absolute atomic E-state index is 13.7. The molecule has 0 spiro atoms. The van der Waals surface area contributed by atoms with Gasteiger partial charge in [0.2, 0.25) is 0 Å². The first-order valence-electron chi connectivity index (χ1n) is 13.5. The number of nitrogens with zero attached hydrogens (tertiary/aromatic N) is 4. The van der Waals surface area contributed by atoms with Crippen molar-refractivity contribution in [2.45, 2.75) is 78.0 Å². The first-order valence-corrected chi connectivity index (χ1v) is 13.5. The largest absolute Gasteiger partial charge is 0.445 e. The molecular weight excluding hydrogens is 480 g/mol. The molecule has 0 aliphatic heterocycles. The number of nitrogens with one attached hydrogen (secondary N) is 2. The van der Waals surface area contributed by atoms with E-state index < -0.39 is 0 Å². The van der Waals surface area contributed by atoms with E-state index in [1.807, 2.05) is 47.4 Å². The van der Waals surface area contributed by atoms with Crippen LogP contribution in [0.15, 0.2) is 48.5 Å². The standard InChI is InChI=1S/C29H36N6O3/c1-29(2,3)22-11-13-23(14-12-22)35(28(37)38-18-19-7-5-4-6-8-19)25-16-10-20-17-21(9-15-24(20)25)26(36)30-27-31-33-34-32-27/h4-9,15,17,22-23,25H,10-14,16,18H2,1-3H3,(H2,30,31,32,33,34,36). The van der Waals surface area contributed by atoms with Crippen molar-refractivity contribution in [1.82, 2.24) is 25.5 Å². The van der Waals surface area contributed by atoms with Crippen LogP contribution in [0.1, 0.15) is 86.0 Å². The Morgan fingerprint density at radius 1 is 1.05 bits per heavy atom. The fourth-order valence-corrected chi connectivity index (χ4v) is 5.96. The molecule has 3 aromatic rings. The number of aryl methyl sites for hydroxylation is 1. The van der Waals surface area contributed by atoms with Gasteiger partial charge in [0, 0.05) is 11.6 Å². The average molecular weight is 517 g/mol. The Hall–Kier alpha value is -3.75. The number of aromatic amines is 1. The summed E-state index contributed by atoms with van der Waals surface area (Å²) in [6.07, 6.45) is 5.49. The minimum Gasteiger partial charge on any atom is -0.445 e. The monoisotopic (exact) mass is 516 g/mol. The minimum absolute atomic E-state index is 0.0706. The van der Waals surface area contributed by atoms with Crippen molar-refractivity contribution in [3.63, 3.8) is 0 Å². The SMILES string of the molecule is CC(C)(C)C1CCC(N(C(=O)OCc2ccccc2)C2CCc3cc(C(=O)Nc4nn[nH]n4)ccc32)CC1. The Bertz CT molecular complexity index is 1250. The van der Waals surface area contributed by atoms with Crippen LogP contribution in [0.3, 0.4) is 0 Å².